The van der Waals surface area contributed by atoms with Gasteiger partial charge in [0.15, 0.2) is 5.90 Å². The number of hydrogen-bond acceptors (Lipinski definition) is 3. The molecule has 0 bridgehead atoms. The van der Waals surface area contributed by atoms with Crippen molar-refractivity contribution in [3.05, 3.63) is 34.9 Å². The van der Waals surface area contributed by atoms with Crippen LogP contribution in [0.4, 0.5) is 0 Å². The van der Waals surface area contributed by atoms with Crippen LogP contribution in [0.15, 0.2) is 29.3 Å². The van der Waals surface area contributed by atoms with Crippen molar-refractivity contribution in [1.29, 1.82) is 0 Å². The lowest BCUT2D eigenvalue weighted by Gasteiger charge is -2.14. The summed E-state index contributed by atoms with van der Waals surface area (Å²) < 4.78 is 5.94. The van der Waals surface area contributed by atoms with E-state index in [4.69, 9.17) is 16.3 Å². The van der Waals surface area contributed by atoms with Crippen LogP contribution in [0.25, 0.3) is 0 Å². The molecule has 1 aromatic rings. The highest BCUT2D eigenvalue weighted by Gasteiger charge is 2.29. The SMILES string of the molecule is Clc1ccc(C2CN=C(C3CCNC3)O2)cc1. The molecule has 1 saturated heterocycles. The molecule has 1 N–H and O–H groups in total. The van der Waals surface area contributed by atoms with Gasteiger partial charge in [-0.25, -0.2) is 0 Å². The molecular formula is C13H15ClN2O. The molecule has 3 rings (SSSR count). The monoisotopic (exact) mass is 250 g/mol. The summed E-state index contributed by atoms with van der Waals surface area (Å²) in [7, 11) is 0. The Morgan fingerprint density at radius 3 is 2.82 bits per heavy atom. The minimum atomic E-state index is 0.0721. The molecule has 1 aromatic carbocycles. The predicted molar refractivity (Wildman–Crippen MR) is 68.6 cm³/mol. The molecule has 2 atom stereocenters. The van der Waals surface area contributed by atoms with Gasteiger partial charge in [-0.15, -0.1) is 0 Å². The van der Waals surface area contributed by atoms with Crippen LogP contribution in [0.1, 0.15) is 18.1 Å². The fourth-order valence-corrected chi connectivity index (χ4v) is 2.46. The van der Waals surface area contributed by atoms with E-state index in [0.717, 1.165) is 42.5 Å². The average Bonchev–Trinajstić information content (AvgIpc) is 3.00. The van der Waals surface area contributed by atoms with Gasteiger partial charge >= 0.3 is 0 Å². The molecule has 3 nitrogen and oxygen atoms in total. The summed E-state index contributed by atoms with van der Waals surface area (Å²) in [5, 5.41) is 4.09. The predicted octanol–water partition coefficient (Wildman–Crippen LogP) is 2.42. The van der Waals surface area contributed by atoms with Crippen LogP contribution in [0, 0.1) is 5.92 Å². The van der Waals surface area contributed by atoms with Gasteiger partial charge in [-0.05, 0) is 30.7 Å². The van der Waals surface area contributed by atoms with Gasteiger partial charge in [0.05, 0.1) is 6.54 Å². The molecule has 2 unspecified atom stereocenters. The second-order valence-electron chi connectivity index (χ2n) is 4.53. The number of nitrogens with zero attached hydrogens (tertiary/aromatic N) is 1. The minimum absolute atomic E-state index is 0.0721. The summed E-state index contributed by atoms with van der Waals surface area (Å²) in [5.74, 6) is 1.39. The first-order valence-corrected chi connectivity index (χ1v) is 6.38. The van der Waals surface area contributed by atoms with Crippen molar-refractivity contribution in [2.24, 2.45) is 10.9 Å². The highest BCUT2D eigenvalue weighted by atomic mass is 35.5. The van der Waals surface area contributed by atoms with Gasteiger partial charge in [0.2, 0.25) is 0 Å². The van der Waals surface area contributed by atoms with Crippen molar-refractivity contribution in [3.8, 4) is 0 Å². The molecule has 0 radical (unpaired) electrons. The molecule has 0 aliphatic carbocycles. The number of nitrogens with one attached hydrogen (secondary N) is 1. The topological polar surface area (TPSA) is 33.6 Å². The third-order valence-corrected chi connectivity index (χ3v) is 3.58. The Kier molecular flexibility index (Phi) is 3.04. The van der Waals surface area contributed by atoms with Crippen LogP contribution in [0.2, 0.25) is 5.02 Å². The molecular weight excluding hydrogens is 236 g/mol. The number of aliphatic imine (C=N–C) groups is 1. The highest BCUT2D eigenvalue weighted by Crippen LogP contribution is 2.27. The third kappa shape index (κ3) is 2.31. The zero-order valence-electron chi connectivity index (χ0n) is 9.53. The van der Waals surface area contributed by atoms with Crippen molar-refractivity contribution in [2.45, 2.75) is 12.5 Å². The van der Waals surface area contributed by atoms with Gasteiger partial charge in [0, 0.05) is 17.5 Å². The number of rotatable bonds is 2. The second kappa shape index (κ2) is 4.67. The zero-order valence-corrected chi connectivity index (χ0v) is 10.3. The Bertz CT molecular complexity index is 424. The number of hydrogen-bond donors (Lipinski definition) is 1. The van der Waals surface area contributed by atoms with Crippen molar-refractivity contribution in [2.75, 3.05) is 19.6 Å². The van der Waals surface area contributed by atoms with Gasteiger partial charge in [-0.1, -0.05) is 23.7 Å². The van der Waals surface area contributed by atoms with Crippen molar-refractivity contribution >= 4 is 17.5 Å². The summed E-state index contributed by atoms with van der Waals surface area (Å²) in [6.07, 6.45) is 1.20. The standard InChI is InChI=1S/C13H15ClN2O/c14-11-3-1-9(2-4-11)12-8-16-13(17-12)10-5-6-15-7-10/h1-4,10,12,15H,5-8H2. The highest BCUT2D eigenvalue weighted by molar-refractivity contribution is 6.30. The first-order chi connectivity index (χ1) is 8.33. The van der Waals surface area contributed by atoms with Crippen LogP contribution in [0.5, 0.6) is 0 Å². The smallest absolute Gasteiger partial charge is 0.188 e. The first kappa shape index (κ1) is 11.1. The molecule has 4 heteroatoms. The van der Waals surface area contributed by atoms with Crippen molar-refractivity contribution < 1.29 is 4.74 Å². The molecule has 0 amide bonds. The fourth-order valence-electron chi connectivity index (χ4n) is 2.33. The summed E-state index contributed by atoms with van der Waals surface area (Å²) in [6.45, 7) is 2.79. The molecule has 17 heavy (non-hydrogen) atoms. The molecule has 2 aliphatic rings. The molecule has 1 fully saturated rings. The Hall–Kier alpha value is -1.06. The van der Waals surface area contributed by atoms with E-state index in [1.807, 2.05) is 24.3 Å². The van der Waals surface area contributed by atoms with E-state index < -0.39 is 0 Å². The van der Waals surface area contributed by atoms with Crippen LogP contribution in [0.3, 0.4) is 0 Å². The quantitative estimate of drug-likeness (QED) is 0.875. The lowest BCUT2D eigenvalue weighted by Crippen LogP contribution is -2.18. The average molecular weight is 251 g/mol. The normalized spacial score (nSPS) is 27.9. The lowest BCUT2D eigenvalue weighted by molar-refractivity contribution is 0.216. The fraction of sp³-hybridized carbons (Fsp3) is 0.462. The van der Waals surface area contributed by atoms with Crippen molar-refractivity contribution in [1.82, 2.24) is 5.32 Å². The van der Waals surface area contributed by atoms with Gasteiger partial charge < -0.3 is 10.1 Å². The largest absolute Gasteiger partial charge is 0.471 e. The molecule has 0 aromatic heterocycles. The van der Waals surface area contributed by atoms with Crippen LogP contribution >= 0.6 is 11.6 Å². The van der Waals surface area contributed by atoms with Gasteiger partial charge in [-0.3, -0.25) is 4.99 Å². The summed E-state index contributed by atoms with van der Waals surface area (Å²) in [5.41, 5.74) is 1.15. The Balaban J connectivity index is 1.67. The third-order valence-electron chi connectivity index (χ3n) is 3.33. The lowest BCUT2D eigenvalue weighted by atomic mass is 10.1. The Morgan fingerprint density at radius 1 is 1.29 bits per heavy atom. The number of halogens is 1. The zero-order chi connectivity index (χ0) is 11.7. The first-order valence-electron chi connectivity index (χ1n) is 6.00. The van der Waals surface area contributed by atoms with E-state index in [2.05, 4.69) is 10.3 Å². The Morgan fingerprint density at radius 2 is 2.12 bits per heavy atom. The maximum atomic E-state index is 5.94. The van der Waals surface area contributed by atoms with E-state index in [0.29, 0.717) is 5.92 Å². The van der Waals surface area contributed by atoms with Crippen LogP contribution in [-0.2, 0) is 4.74 Å². The molecule has 0 saturated carbocycles. The van der Waals surface area contributed by atoms with E-state index in [-0.39, 0.29) is 6.10 Å². The number of benzene rings is 1. The molecule has 2 heterocycles. The van der Waals surface area contributed by atoms with E-state index in [9.17, 15) is 0 Å². The van der Waals surface area contributed by atoms with E-state index >= 15 is 0 Å². The van der Waals surface area contributed by atoms with Crippen molar-refractivity contribution in [3.63, 3.8) is 0 Å². The summed E-state index contributed by atoms with van der Waals surface area (Å²) >= 11 is 5.87. The van der Waals surface area contributed by atoms with Crippen LogP contribution in [-0.4, -0.2) is 25.5 Å². The summed E-state index contributed by atoms with van der Waals surface area (Å²) in [4.78, 5) is 4.52. The maximum absolute atomic E-state index is 5.94. The molecule has 0 spiro atoms. The van der Waals surface area contributed by atoms with E-state index in [1.165, 1.54) is 0 Å². The van der Waals surface area contributed by atoms with Gasteiger partial charge in [0.1, 0.15) is 6.10 Å². The van der Waals surface area contributed by atoms with E-state index in [1.54, 1.807) is 0 Å². The maximum Gasteiger partial charge on any atom is 0.188 e. The second-order valence-corrected chi connectivity index (χ2v) is 4.96. The Labute approximate surface area is 106 Å². The van der Waals surface area contributed by atoms with Gasteiger partial charge in [0.25, 0.3) is 0 Å². The minimum Gasteiger partial charge on any atom is -0.471 e. The summed E-state index contributed by atoms with van der Waals surface area (Å²) in [6, 6.07) is 7.82. The molecule has 90 valence electrons. The number of ether oxygens (including phenoxy) is 1. The van der Waals surface area contributed by atoms with Crippen LogP contribution < -0.4 is 5.32 Å². The van der Waals surface area contributed by atoms with Gasteiger partial charge in [-0.2, -0.15) is 0 Å². The molecule has 2 aliphatic heterocycles.